The van der Waals surface area contributed by atoms with Gasteiger partial charge in [-0.2, -0.15) is 0 Å². The molecule has 0 radical (unpaired) electrons. The summed E-state index contributed by atoms with van der Waals surface area (Å²) < 4.78 is 19.4. The molecule has 2 aliphatic carbocycles. The third-order valence-electron chi connectivity index (χ3n) is 8.52. The maximum atomic E-state index is 13.1. The Morgan fingerprint density at radius 1 is 1.14 bits per heavy atom. The van der Waals surface area contributed by atoms with E-state index in [1.807, 2.05) is 12.1 Å². The summed E-state index contributed by atoms with van der Waals surface area (Å²) in [6, 6.07) is 6.72. The van der Waals surface area contributed by atoms with E-state index in [9.17, 15) is 9.50 Å². The maximum Gasteiger partial charge on any atom is 0.123 e. The molecule has 0 spiro atoms. The summed E-state index contributed by atoms with van der Waals surface area (Å²) in [5.41, 5.74) is 1.74. The zero-order valence-corrected chi connectivity index (χ0v) is 18.2. The highest BCUT2D eigenvalue weighted by Gasteiger charge is 2.61. The molecule has 2 saturated carbocycles. The predicted molar refractivity (Wildman–Crippen MR) is 115 cm³/mol. The van der Waals surface area contributed by atoms with E-state index >= 15 is 0 Å². The molecule has 4 unspecified atom stereocenters. The number of ether oxygens (including phenoxy) is 1. The quantitative estimate of drug-likeness (QED) is 0.747. The number of aliphatic hydroxyl groups is 1. The highest BCUT2D eigenvalue weighted by Crippen LogP contribution is 2.66. The van der Waals surface area contributed by atoms with Crippen LogP contribution in [0.4, 0.5) is 10.1 Å². The number of piperazine rings is 1. The van der Waals surface area contributed by atoms with Gasteiger partial charge in [0.1, 0.15) is 5.82 Å². The number of β-amino-alcohol motifs (C(OH)–C–C–N with tert-alkyl or cyclic N) is 1. The number of benzene rings is 1. The summed E-state index contributed by atoms with van der Waals surface area (Å²) in [4.78, 5) is 4.61. The predicted octanol–water partition coefficient (Wildman–Crippen LogP) is 3.93. The highest BCUT2D eigenvalue weighted by molar-refractivity contribution is 5.46. The molecule has 29 heavy (non-hydrogen) atoms. The van der Waals surface area contributed by atoms with Gasteiger partial charge in [-0.3, -0.25) is 4.90 Å². The number of halogens is 1. The summed E-state index contributed by atoms with van der Waals surface area (Å²) in [6.07, 6.45) is 4.52. The number of aliphatic hydroxyl groups excluding tert-OH is 1. The Kier molecular flexibility index (Phi) is 5.93. The van der Waals surface area contributed by atoms with E-state index < -0.39 is 0 Å². The monoisotopic (exact) mass is 404 g/mol. The molecule has 5 heteroatoms. The van der Waals surface area contributed by atoms with Crippen LogP contribution in [-0.2, 0) is 4.74 Å². The van der Waals surface area contributed by atoms with Crippen LogP contribution in [0.25, 0.3) is 0 Å². The maximum absolute atomic E-state index is 13.1. The minimum absolute atomic E-state index is 0.194. The molecule has 1 aliphatic heterocycles. The Bertz CT molecular complexity index is 687. The van der Waals surface area contributed by atoms with Crippen LogP contribution in [0.3, 0.4) is 0 Å². The zero-order valence-electron chi connectivity index (χ0n) is 18.2. The average molecular weight is 405 g/mol. The van der Waals surface area contributed by atoms with Crippen molar-refractivity contribution in [3.05, 3.63) is 30.1 Å². The van der Waals surface area contributed by atoms with Crippen molar-refractivity contribution in [1.29, 1.82) is 0 Å². The average Bonchev–Trinajstić information content (AvgIpc) is 3.03. The first-order chi connectivity index (χ1) is 13.8. The van der Waals surface area contributed by atoms with E-state index in [1.54, 1.807) is 0 Å². The number of hydrogen-bond acceptors (Lipinski definition) is 4. The van der Waals surface area contributed by atoms with Gasteiger partial charge in [0.2, 0.25) is 0 Å². The van der Waals surface area contributed by atoms with Crippen LogP contribution in [0.15, 0.2) is 24.3 Å². The molecule has 1 saturated heterocycles. The summed E-state index contributed by atoms with van der Waals surface area (Å²) in [5, 5.41) is 10.5. The second-order valence-corrected chi connectivity index (χ2v) is 10.2. The number of nitrogens with zero attached hydrogens (tertiary/aromatic N) is 2. The Balaban J connectivity index is 1.17. The lowest BCUT2D eigenvalue weighted by atomic mass is 9.70. The van der Waals surface area contributed by atoms with Crippen LogP contribution in [0.2, 0.25) is 0 Å². The molecular weight excluding hydrogens is 367 g/mol. The van der Waals surface area contributed by atoms with Crippen LogP contribution in [0.1, 0.15) is 46.5 Å². The normalized spacial score (nSPS) is 32.7. The molecule has 3 aliphatic rings. The van der Waals surface area contributed by atoms with E-state index in [4.69, 9.17) is 4.74 Å². The van der Waals surface area contributed by atoms with E-state index in [0.717, 1.165) is 37.8 Å². The molecule has 4 rings (SSSR count). The first-order valence-electron chi connectivity index (χ1n) is 11.3. The van der Waals surface area contributed by atoms with Crippen LogP contribution >= 0.6 is 0 Å². The van der Waals surface area contributed by atoms with Crippen LogP contribution in [-0.4, -0.2) is 61.5 Å². The molecule has 4 atom stereocenters. The Morgan fingerprint density at radius 3 is 2.41 bits per heavy atom. The van der Waals surface area contributed by atoms with Gasteiger partial charge in [-0.25, -0.2) is 4.39 Å². The molecule has 1 aromatic rings. The van der Waals surface area contributed by atoms with Gasteiger partial charge in [-0.05, 0) is 66.7 Å². The minimum Gasteiger partial charge on any atom is -0.392 e. The van der Waals surface area contributed by atoms with E-state index in [2.05, 4.69) is 30.6 Å². The lowest BCUT2D eigenvalue weighted by Crippen LogP contribution is -2.48. The van der Waals surface area contributed by atoms with Crippen molar-refractivity contribution >= 4 is 5.69 Å². The zero-order chi connectivity index (χ0) is 20.6. The fourth-order valence-corrected chi connectivity index (χ4v) is 5.96. The van der Waals surface area contributed by atoms with E-state index in [0.29, 0.717) is 36.5 Å². The molecule has 2 bridgehead atoms. The second-order valence-electron chi connectivity index (χ2n) is 10.2. The van der Waals surface area contributed by atoms with Gasteiger partial charge in [0, 0.05) is 45.0 Å². The van der Waals surface area contributed by atoms with E-state index in [1.165, 1.54) is 31.4 Å². The van der Waals surface area contributed by atoms with Crippen LogP contribution in [0.5, 0.6) is 0 Å². The van der Waals surface area contributed by atoms with Gasteiger partial charge in [-0.15, -0.1) is 0 Å². The lowest BCUT2D eigenvalue weighted by molar-refractivity contribution is -0.0564. The number of hydrogen-bond donors (Lipinski definition) is 1. The van der Waals surface area contributed by atoms with Crippen molar-refractivity contribution in [2.45, 2.75) is 58.7 Å². The molecule has 1 N–H and O–H groups in total. The molecule has 1 heterocycles. The molecule has 162 valence electrons. The van der Waals surface area contributed by atoms with Crippen molar-refractivity contribution < 1.29 is 14.2 Å². The van der Waals surface area contributed by atoms with Gasteiger partial charge in [0.15, 0.2) is 0 Å². The topological polar surface area (TPSA) is 35.9 Å². The molecular formula is C24H37FN2O2. The summed E-state index contributed by atoms with van der Waals surface area (Å²) in [7, 11) is 0. The summed E-state index contributed by atoms with van der Waals surface area (Å²) in [6.45, 7) is 12.2. The lowest BCUT2D eigenvalue weighted by Gasteiger charge is -2.39. The first-order valence-corrected chi connectivity index (χ1v) is 11.3. The van der Waals surface area contributed by atoms with E-state index in [-0.39, 0.29) is 11.9 Å². The molecule has 1 aromatic carbocycles. The van der Waals surface area contributed by atoms with Gasteiger partial charge in [-0.1, -0.05) is 20.8 Å². The fourth-order valence-electron chi connectivity index (χ4n) is 5.96. The van der Waals surface area contributed by atoms with Gasteiger partial charge in [0.25, 0.3) is 0 Å². The highest BCUT2D eigenvalue weighted by atomic mass is 19.1. The standard InChI is InChI=1S/C24H37FN2O2/c1-23(2)18-8-10-24(23,3)22(16-18)29-15-9-21(28)17-26-11-13-27(14-12-26)20-6-4-19(25)5-7-20/h4-7,18,21-22,28H,8-17H2,1-3H3. The molecule has 4 nitrogen and oxygen atoms in total. The van der Waals surface area contributed by atoms with Crippen molar-refractivity contribution in [3.8, 4) is 0 Å². The van der Waals surface area contributed by atoms with Crippen LogP contribution < -0.4 is 4.90 Å². The third kappa shape index (κ3) is 4.06. The number of anilines is 1. The largest absolute Gasteiger partial charge is 0.392 e. The van der Waals surface area contributed by atoms with Gasteiger partial charge in [0.05, 0.1) is 12.2 Å². The Morgan fingerprint density at radius 2 is 1.83 bits per heavy atom. The van der Waals surface area contributed by atoms with Crippen molar-refractivity contribution in [2.24, 2.45) is 16.7 Å². The van der Waals surface area contributed by atoms with Gasteiger partial charge < -0.3 is 14.7 Å². The Labute approximate surface area is 175 Å². The first kappa shape index (κ1) is 21.1. The minimum atomic E-state index is -0.341. The number of fused-ring (bicyclic) bond motifs is 2. The Hall–Kier alpha value is -1.17. The molecule has 0 amide bonds. The summed E-state index contributed by atoms with van der Waals surface area (Å²) in [5.74, 6) is 0.598. The van der Waals surface area contributed by atoms with Crippen LogP contribution in [0, 0.1) is 22.6 Å². The van der Waals surface area contributed by atoms with Crippen molar-refractivity contribution in [2.75, 3.05) is 44.2 Å². The molecule has 3 fully saturated rings. The smallest absolute Gasteiger partial charge is 0.123 e. The van der Waals surface area contributed by atoms with Crippen molar-refractivity contribution in [3.63, 3.8) is 0 Å². The fraction of sp³-hybridized carbons (Fsp3) is 0.750. The number of rotatable bonds is 7. The second kappa shape index (κ2) is 8.16. The SMILES string of the molecule is CC1(C)C2CCC1(C)C(OCCC(O)CN1CCN(c3ccc(F)cc3)CC1)C2. The van der Waals surface area contributed by atoms with Gasteiger partial charge >= 0.3 is 0 Å². The third-order valence-corrected chi connectivity index (χ3v) is 8.52. The molecule has 0 aromatic heterocycles. The summed E-state index contributed by atoms with van der Waals surface area (Å²) >= 11 is 0. The van der Waals surface area contributed by atoms with Crippen molar-refractivity contribution in [1.82, 2.24) is 4.90 Å².